The summed E-state index contributed by atoms with van der Waals surface area (Å²) in [6, 6.07) is 3.11. The van der Waals surface area contributed by atoms with E-state index in [1.54, 1.807) is 0 Å². The fraction of sp³-hybridized carbons (Fsp3) is 0.125. The summed E-state index contributed by atoms with van der Waals surface area (Å²) in [5.74, 6) is -2.15. The minimum Gasteiger partial charge on any atom is -0.545 e. The first-order chi connectivity index (χ1) is 5.65. The molecule has 64 valence electrons. The first-order valence-electron chi connectivity index (χ1n) is 3.26. The van der Waals surface area contributed by atoms with Crippen molar-refractivity contribution in [1.82, 2.24) is 0 Å². The minimum atomic E-state index is -1.49. The average molecular weight is 192 g/mol. The maximum atomic E-state index is 12.5. The van der Waals surface area contributed by atoms with Crippen LogP contribution in [-0.4, -0.2) is 11.1 Å². The van der Waals surface area contributed by atoms with Crippen LogP contribution in [0.25, 0.3) is 0 Å². The molecule has 0 bridgehead atoms. The first-order valence-corrected chi connectivity index (χ1v) is 3.26. The Bertz CT molecular complexity index is 314. The molecule has 0 atom stereocenters. The Morgan fingerprint density at radius 2 is 2.15 bits per heavy atom. The van der Waals surface area contributed by atoms with E-state index in [1.807, 2.05) is 0 Å². The van der Waals surface area contributed by atoms with Crippen LogP contribution >= 0.6 is 0 Å². The van der Waals surface area contributed by atoms with Gasteiger partial charge in [0.15, 0.2) is 0 Å². The predicted octanol–water partition coefficient (Wildman–Crippen LogP) is -3.31. The van der Waals surface area contributed by atoms with Crippen molar-refractivity contribution < 1.29 is 49.0 Å². The van der Waals surface area contributed by atoms with Gasteiger partial charge < -0.3 is 15.0 Å². The Labute approximate surface area is 96.5 Å². The van der Waals surface area contributed by atoms with Crippen molar-refractivity contribution in [2.24, 2.45) is 0 Å². The number of hydrogen-bond donors (Lipinski definition) is 1. The molecule has 1 aromatic rings. The van der Waals surface area contributed by atoms with E-state index in [9.17, 15) is 14.3 Å². The topological polar surface area (TPSA) is 60.4 Å². The van der Waals surface area contributed by atoms with E-state index < -0.39 is 18.4 Å². The average Bonchev–Trinajstić information content (AvgIpc) is 2.04. The number of carboxylic acid groups (broad SMARTS) is 1. The molecule has 0 fully saturated rings. The minimum absolute atomic E-state index is 0. The van der Waals surface area contributed by atoms with Gasteiger partial charge in [-0.3, -0.25) is 0 Å². The van der Waals surface area contributed by atoms with Crippen molar-refractivity contribution in [2.75, 3.05) is 0 Å². The Morgan fingerprint density at radius 1 is 1.54 bits per heavy atom. The molecular formula is C8H6FNaO3. The SMILES string of the molecule is O=C([O-])c1cc(F)ccc1CO.[Na+]. The molecule has 0 aliphatic carbocycles. The molecule has 0 unspecified atom stereocenters. The third-order valence-electron chi connectivity index (χ3n) is 1.46. The van der Waals surface area contributed by atoms with Gasteiger partial charge in [-0.05, 0) is 17.7 Å². The predicted molar refractivity (Wildman–Crippen MR) is 36.7 cm³/mol. The van der Waals surface area contributed by atoms with Crippen LogP contribution in [0.4, 0.5) is 4.39 Å². The number of carbonyl (C=O) groups excluding carboxylic acids is 1. The summed E-state index contributed by atoms with van der Waals surface area (Å²) in [5, 5.41) is 19.0. The quantitative estimate of drug-likeness (QED) is 0.499. The fourth-order valence-electron chi connectivity index (χ4n) is 0.877. The summed E-state index contributed by atoms with van der Waals surface area (Å²) in [5.41, 5.74) is -0.158. The molecule has 0 aromatic heterocycles. The largest absolute Gasteiger partial charge is 1.00 e. The Hall–Kier alpha value is -0.420. The van der Waals surface area contributed by atoms with Crippen molar-refractivity contribution in [2.45, 2.75) is 6.61 Å². The number of halogens is 1. The zero-order valence-electron chi connectivity index (χ0n) is 7.08. The number of aliphatic hydroxyl groups is 1. The summed E-state index contributed by atoms with van der Waals surface area (Å²) in [6.07, 6.45) is 0. The molecule has 5 heteroatoms. The van der Waals surface area contributed by atoms with Gasteiger partial charge in [-0.2, -0.15) is 0 Å². The van der Waals surface area contributed by atoms with Crippen molar-refractivity contribution in [3.63, 3.8) is 0 Å². The summed E-state index contributed by atoms with van der Waals surface area (Å²) in [6.45, 7) is -0.441. The van der Waals surface area contributed by atoms with Crippen LogP contribution in [0.2, 0.25) is 0 Å². The van der Waals surface area contributed by atoms with E-state index in [-0.39, 0.29) is 40.7 Å². The summed E-state index contributed by atoms with van der Waals surface area (Å²) in [4.78, 5) is 10.3. The summed E-state index contributed by atoms with van der Waals surface area (Å²) < 4.78 is 12.5. The molecule has 3 nitrogen and oxygen atoms in total. The molecule has 0 heterocycles. The van der Waals surface area contributed by atoms with Gasteiger partial charge >= 0.3 is 29.6 Å². The van der Waals surface area contributed by atoms with Crippen molar-refractivity contribution in [3.8, 4) is 0 Å². The number of hydrogen-bond acceptors (Lipinski definition) is 3. The second kappa shape index (κ2) is 5.34. The van der Waals surface area contributed by atoms with E-state index in [2.05, 4.69) is 0 Å². The van der Waals surface area contributed by atoms with Gasteiger partial charge in [0.1, 0.15) is 5.82 Å². The van der Waals surface area contributed by atoms with Crippen LogP contribution in [0, 0.1) is 5.82 Å². The Kier molecular flexibility index (Phi) is 5.17. The van der Waals surface area contributed by atoms with Crippen LogP contribution < -0.4 is 34.7 Å². The molecule has 0 aliphatic heterocycles. The molecule has 1 rings (SSSR count). The number of benzene rings is 1. The van der Waals surface area contributed by atoms with Crippen molar-refractivity contribution in [1.29, 1.82) is 0 Å². The number of carboxylic acids is 1. The van der Waals surface area contributed by atoms with Gasteiger partial charge in [0.25, 0.3) is 0 Å². The van der Waals surface area contributed by atoms with Gasteiger partial charge in [-0.15, -0.1) is 0 Å². The maximum absolute atomic E-state index is 12.5. The molecule has 0 aliphatic rings. The fourth-order valence-corrected chi connectivity index (χ4v) is 0.877. The molecule has 0 saturated carbocycles. The number of aliphatic hydroxyl groups excluding tert-OH is 1. The van der Waals surface area contributed by atoms with Crippen LogP contribution in [-0.2, 0) is 6.61 Å². The number of rotatable bonds is 2. The van der Waals surface area contributed by atoms with E-state index in [4.69, 9.17) is 5.11 Å². The van der Waals surface area contributed by atoms with E-state index in [0.29, 0.717) is 0 Å². The van der Waals surface area contributed by atoms with Crippen LogP contribution in [0.1, 0.15) is 15.9 Å². The maximum Gasteiger partial charge on any atom is 1.00 e. The smallest absolute Gasteiger partial charge is 0.545 e. The van der Waals surface area contributed by atoms with Crippen molar-refractivity contribution in [3.05, 3.63) is 35.1 Å². The monoisotopic (exact) mass is 192 g/mol. The van der Waals surface area contributed by atoms with E-state index in [0.717, 1.165) is 12.1 Å². The van der Waals surface area contributed by atoms with Gasteiger partial charge in [0.05, 0.1) is 12.6 Å². The molecule has 1 N–H and O–H groups in total. The van der Waals surface area contributed by atoms with Crippen LogP contribution in [0.15, 0.2) is 18.2 Å². The zero-order valence-corrected chi connectivity index (χ0v) is 9.08. The second-order valence-corrected chi connectivity index (χ2v) is 2.25. The normalized spacial score (nSPS) is 9.08. The zero-order chi connectivity index (χ0) is 9.14. The van der Waals surface area contributed by atoms with Crippen LogP contribution in [0.5, 0.6) is 0 Å². The van der Waals surface area contributed by atoms with E-state index >= 15 is 0 Å². The number of carbonyl (C=O) groups is 1. The molecule has 0 radical (unpaired) electrons. The van der Waals surface area contributed by atoms with Gasteiger partial charge in [0, 0.05) is 5.56 Å². The Morgan fingerprint density at radius 3 is 2.62 bits per heavy atom. The van der Waals surface area contributed by atoms with Crippen molar-refractivity contribution >= 4 is 5.97 Å². The Balaban J connectivity index is 0.00000144. The molecular weight excluding hydrogens is 186 g/mol. The summed E-state index contributed by atoms with van der Waals surface area (Å²) >= 11 is 0. The molecule has 1 aromatic carbocycles. The van der Waals surface area contributed by atoms with Crippen LogP contribution in [0.3, 0.4) is 0 Å². The standard InChI is InChI=1S/C8H7FO3.Na/c9-6-2-1-5(4-10)7(3-6)8(11)12;/h1-3,10H,4H2,(H,11,12);/q;+1/p-1. The molecule has 0 amide bonds. The first kappa shape index (κ1) is 12.6. The van der Waals surface area contributed by atoms with Gasteiger partial charge in [-0.1, -0.05) is 6.07 Å². The van der Waals surface area contributed by atoms with Gasteiger partial charge in [-0.25, -0.2) is 4.39 Å². The second-order valence-electron chi connectivity index (χ2n) is 2.25. The third-order valence-corrected chi connectivity index (χ3v) is 1.46. The van der Waals surface area contributed by atoms with E-state index in [1.165, 1.54) is 6.07 Å². The molecule has 0 spiro atoms. The molecule has 13 heavy (non-hydrogen) atoms. The summed E-state index contributed by atoms with van der Waals surface area (Å²) in [7, 11) is 0. The molecule has 0 saturated heterocycles. The third kappa shape index (κ3) is 3.08. The number of aromatic carboxylic acids is 1. The van der Waals surface area contributed by atoms with Gasteiger partial charge in [0.2, 0.25) is 0 Å².